The van der Waals surface area contributed by atoms with Crippen molar-refractivity contribution in [2.75, 3.05) is 31.1 Å². The molecule has 1 spiro atoms. The number of hydrogen-bond acceptors (Lipinski definition) is 3. The molecule has 2 aliphatic rings. The molecule has 0 aliphatic carbocycles. The molecular weight excluding hydrogens is 250 g/mol. The van der Waals surface area contributed by atoms with Crippen LogP contribution in [0.3, 0.4) is 0 Å². The maximum absolute atomic E-state index is 12.6. The molecule has 0 N–H and O–H groups in total. The fourth-order valence-electron chi connectivity index (χ4n) is 3.61. The third kappa shape index (κ3) is 2.17. The summed E-state index contributed by atoms with van der Waals surface area (Å²) >= 11 is 0. The van der Waals surface area contributed by atoms with Crippen LogP contribution in [-0.2, 0) is 4.79 Å². The second kappa shape index (κ2) is 5.08. The summed E-state index contributed by atoms with van der Waals surface area (Å²) in [6, 6.07) is 6.12. The molecule has 0 unspecified atom stereocenters. The number of rotatable bonds is 2. The van der Waals surface area contributed by atoms with Gasteiger partial charge in [-0.1, -0.05) is 6.07 Å². The summed E-state index contributed by atoms with van der Waals surface area (Å²) in [5.74, 6) is 1.38. The predicted molar refractivity (Wildman–Crippen MR) is 79.7 cm³/mol. The third-order valence-electron chi connectivity index (χ3n) is 4.76. The Hall–Kier alpha value is -1.58. The number of nitrogens with zero attached hydrogens (tertiary/aromatic N) is 3. The van der Waals surface area contributed by atoms with E-state index in [4.69, 9.17) is 0 Å². The van der Waals surface area contributed by atoms with Gasteiger partial charge in [0.05, 0.1) is 5.41 Å². The molecule has 20 heavy (non-hydrogen) atoms. The standard InChI is InChI=1S/C16H23N3O/c1-3-18-11-9-16(15(18)20)8-5-10-19(12-16)14-7-4-6-13(2)17-14/h4,6-7H,3,5,8-12H2,1-2H3/t16-/m0/s1. The molecule has 1 atom stereocenters. The molecule has 0 saturated carbocycles. The molecule has 2 fully saturated rings. The van der Waals surface area contributed by atoms with E-state index in [-0.39, 0.29) is 5.41 Å². The topological polar surface area (TPSA) is 36.4 Å². The monoisotopic (exact) mass is 273 g/mol. The lowest BCUT2D eigenvalue weighted by atomic mass is 9.78. The van der Waals surface area contributed by atoms with Gasteiger partial charge >= 0.3 is 0 Å². The molecule has 1 aromatic heterocycles. The van der Waals surface area contributed by atoms with E-state index in [9.17, 15) is 4.79 Å². The van der Waals surface area contributed by atoms with Crippen molar-refractivity contribution in [3.63, 3.8) is 0 Å². The average Bonchev–Trinajstić information content (AvgIpc) is 2.76. The van der Waals surface area contributed by atoms with E-state index in [0.29, 0.717) is 5.91 Å². The number of aromatic nitrogens is 1. The number of anilines is 1. The highest BCUT2D eigenvalue weighted by Crippen LogP contribution is 2.40. The van der Waals surface area contributed by atoms with Gasteiger partial charge in [0.15, 0.2) is 0 Å². The second-order valence-corrected chi connectivity index (χ2v) is 6.08. The van der Waals surface area contributed by atoms with Gasteiger partial charge < -0.3 is 9.80 Å². The Morgan fingerprint density at radius 1 is 1.30 bits per heavy atom. The van der Waals surface area contributed by atoms with Crippen molar-refractivity contribution in [3.8, 4) is 0 Å². The maximum Gasteiger partial charge on any atom is 0.230 e. The summed E-state index contributed by atoms with van der Waals surface area (Å²) < 4.78 is 0. The van der Waals surface area contributed by atoms with Crippen LogP contribution in [0.5, 0.6) is 0 Å². The highest BCUT2D eigenvalue weighted by atomic mass is 16.2. The molecule has 0 radical (unpaired) electrons. The molecular formula is C16H23N3O. The normalized spacial score (nSPS) is 26.6. The lowest BCUT2D eigenvalue weighted by Crippen LogP contribution is -2.48. The second-order valence-electron chi connectivity index (χ2n) is 6.08. The Morgan fingerprint density at radius 3 is 2.85 bits per heavy atom. The van der Waals surface area contributed by atoms with E-state index in [1.165, 1.54) is 0 Å². The number of amides is 1. The Kier molecular flexibility index (Phi) is 3.40. The minimum atomic E-state index is -0.153. The summed E-state index contributed by atoms with van der Waals surface area (Å²) in [4.78, 5) is 21.6. The van der Waals surface area contributed by atoms with E-state index >= 15 is 0 Å². The van der Waals surface area contributed by atoms with Gasteiger partial charge in [0.25, 0.3) is 0 Å². The summed E-state index contributed by atoms with van der Waals surface area (Å²) in [5, 5.41) is 0. The average molecular weight is 273 g/mol. The van der Waals surface area contributed by atoms with Crippen LogP contribution in [0.25, 0.3) is 0 Å². The number of piperidine rings is 1. The van der Waals surface area contributed by atoms with E-state index in [1.54, 1.807) is 0 Å². The van der Waals surface area contributed by atoms with Gasteiger partial charge in [-0.2, -0.15) is 0 Å². The highest BCUT2D eigenvalue weighted by Gasteiger charge is 2.48. The van der Waals surface area contributed by atoms with Gasteiger partial charge in [0, 0.05) is 31.9 Å². The van der Waals surface area contributed by atoms with Gasteiger partial charge in [0.2, 0.25) is 5.91 Å². The van der Waals surface area contributed by atoms with Gasteiger partial charge in [-0.05, 0) is 45.2 Å². The quantitative estimate of drug-likeness (QED) is 0.829. The maximum atomic E-state index is 12.6. The number of aryl methyl sites for hydroxylation is 1. The molecule has 3 heterocycles. The molecule has 2 aliphatic heterocycles. The highest BCUT2D eigenvalue weighted by molar-refractivity contribution is 5.85. The predicted octanol–water partition coefficient (Wildman–Crippen LogP) is 2.23. The fourth-order valence-corrected chi connectivity index (χ4v) is 3.61. The lowest BCUT2D eigenvalue weighted by molar-refractivity contribution is -0.136. The molecule has 1 amide bonds. The van der Waals surface area contributed by atoms with E-state index in [0.717, 1.165) is 57.0 Å². The van der Waals surface area contributed by atoms with Gasteiger partial charge in [0.1, 0.15) is 5.82 Å². The van der Waals surface area contributed by atoms with E-state index < -0.39 is 0 Å². The number of pyridine rings is 1. The first-order chi connectivity index (χ1) is 9.64. The van der Waals surface area contributed by atoms with Crippen molar-refractivity contribution in [3.05, 3.63) is 23.9 Å². The zero-order valence-corrected chi connectivity index (χ0v) is 12.4. The molecule has 3 rings (SSSR count). The lowest BCUT2D eigenvalue weighted by Gasteiger charge is -2.39. The van der Waals surface area contributed by atoms with Crippen LogP contribution in [0.2, 0.25) is 0 Å². The van der Waals surface area contributed by atoms with Crippen LogP contribution in [0.15, 0.2) is 18.2 Å². The third-order valence-corrected chi connectivity index (χ3v) is 4.76. The Bertz CT molecular complexity index is 516. The number of hydrogen-bond donors (Lipinski definition) is 0. The molecule has 4 heteroatoms. The summed E-state index contributed by atoms with van der Waals surface area (Å²) in [5.41, 5.74) is 0.884. The molecule has 4 nitrogen and oxygen atoms in total. The summed E-state index contributed by atoms with van der Waals surface area (Å²) in [7, 11) is 0. The summed E-state index contributed by atoms with van der Waals surface area (Å²) in [6.07, 6.45) is 3.12. The first-order valence-electron chi connectivity index (χ1n) is 7.63. The SMILES string of the molecule is CCN1CC[C@]2(CCCN(c3cccc(C)n3)C2)C1=O. The van der Waals surface area contributed by atoms with Crippen molar-refractivity contribution in [1.29, 1.82) is 0 Å². The number of likely N-dealkylation sites (tertiary alicyclic amines) is 1. The number of carbonyl (C=O) groups excluding carboxylic acids is 1. The first-order valence-corrected chi connectivity index (χ1v) is 7.63. The molecule has 108 valence electrons. The van der Waals surface area contributed by atoms with Crippen LogP contribution in [0.4, 0.5) is 5.82 Å². The summed E-state index contributed by atoms with van der Waals surface area (Å²) in [6.45, 7) is 7.69. The van der Waals surface area contributed by atoms with Crippen molar-refractivity contribution >= 4 is 11.7 Å². The Labute approximate surface area is 120 Å². The fraction of sp³-hybridized carbons (Fsp3) is 0.625. The van der Waals surface area contributed by atoms with Crippen molar-refractivity contribution in [2.45, 2.75) is 33.1 Å². The van der Waals surface area contributed by atoms with E-state index in [2.05, 4.69) is 22.9 Å². The first kappa shape index (κ1) is 13.4. The van der Waals surface area contributed by atoms with Crippen LogP contribution in [0.1, 0.15) is 31.9 Å². The van der Waals surface area contributed by atoms with Crippen molar-refractivity contribution in [2.24, 2.45) is 5.41 Å². The molecule has 2 saturated heterocycles. The van der Waals surface area contributed by atoms with Gasteiger partial charge in [-0.15, -0.1) is 0 Å². The van der Waals surface area contributed by atoms with Crippen molar-refractivity contribution in [1.82, 2.24) is 9.88 Å². The van der Waals surface area contributed by atoms with Crippen LogP contribution >= 0.6 is 0 Å². The van der Waals surface area contributed by atoms with Gasteiger partial charge in [-0.25, -0.2) is 4.98 Å². The zero-order valence-electron chi connectivity index (χ0n) is 12.4. The smallest absolute Gasteiger partial charge is 0.230 e. The zero-order chi connectivity index (χ0) is 14.2. The Balaban J connectivity index is 1.82. The van der Waals surface area contributed by atoms with Crippen LogP contribution in [0, 0.1) is 12.3 Å². The van der Waals surface area contributed by atoms with Crippen LogP contribution < -0.4 is 4.90 Å². The van der Waals surface area contributed by atoms with Crippen molar-refractivity contribution < 1.29 is 4.79 Å². The molecule has 0 bridgehead atoms. The Morgan fingerprint density at radius 2 is 2.15 bits per heavy atom. The van der Waals surface area contributed by atoms with E-state index in [1.807, 2.05) is 24.0 Å². The molecule has 0 aromatic carbocycles. The van der Waals surface area contributed by atoms with Gasteiger partial charge in [-0.3, -0.25) is 4.79 Å². The largest absolute Gasteiger partial charge is 0.356 e. The number of carbonyl (C=O) groups is 1. The minimum Gasteiger partial charge on any atom is -0.356 e. The molecule has 1 aromatic rings. The van der Waals surface area contributed by atoms with Crippen LogP contribution in [-0.4, -0.2) is 42.0 Å². The minimum absolute atomic E-state index is 0.153.